The first-order valence-electron chi connectivity index (χ1n) is 1.73. The summed E-state index contributed by atoms with van der Waals surface area (Å²) in [6, 6.07) is 0. The molecule has 0 atom stereocenters. The fraction of sp³-hybridized carbons (Fsp3) is 0. The molecule has 1 radical (unpaired) electrons. The Morgan fingerprint density at radius 1 is 1.80 bits per heavy atom. The summed E-state index contributed by atoms with van der Waals surface area (Å²) >= 11 is 0. The van der Waals surface area contributed by atoms with Crippen LogP contribution in [0, 0.1) is 0 Å². The normalized spacial score (nSPS) is 22.4. The summed E-state index contributed by atoms with van der Waals surface area (Å²) in [4.78, 5) is 0. The molecule has 1 rings (SSSR count). The minimum Gasteiger partial charge on any atom is -0.106 e. The fourth-order valence-corrected chi connectivity index (χ4v) is 9.19. The number of rotatable bonds is 0. The first-order chi connectivity index (χ1) is 2.50. The second kappa shape index (κ2) is 1.74. The maximum atomic E-state index is 2.42. The van der Waals surface area contributed by atoms with Crippen molar-refractivity contribution < 1.29 is 0 Å². The van der Waals surface area contributed by atoms with Gasteiger partial charge in [-0.3, -0.25) is 0 Å². The van der Waals surface area contributed by atoms with E-state index in [0.717, 1.165) is 8.13 Å². The summed E-state index contributed by atoms with van der Waals surface area (Å²) in [7, 11) is 2.71. The Kier molecular flexibility index (Phi) is 1.24. The van der Waals surface area contributed by atoms with Crippen LogP contribution in [0.4, 0.5) is 0 Å². The lowest BCUT2D eigenvalue weighted by atomic mass is 11.2. The van der Waals surface area contributed by atoms with E-state index in [1.807, 2.05) is 0 Å². The highest BCUT2D eigenvalue weighted by Gasteiger charge is 1.75. The van der Waals surface area contributed by atoms with Gasteiger partial charge in [-0.1, -0.05) is 5.70 Å². The Labute approximate surface area is 37.9 Å². The molecule has 0 amide bonds. The lowest BCUT2D eigenvalue weighted by molar-refractivity contribution is 2.50. The Bertz CT molecular complexity index is 63.0. The van der Waals surface area contributed by atoms with Crippen molar-refractivity contribution in [2.45, 2.75) is 0 Å². The molecule has 3 heteroatoms. The zero-order valence-corrected chi connectivity index (χ0v) is 6.51. The van der Waals surface area contributed by atoms with E-state index < -0.39 is 0 Å². The van der Waals surface area contributed by atoms with Crippen LogP contribution in [0.15, 0.2) is 11.4 Å². The molecule has 0 saturated carbocycles. The van der Waals surface area contributed by atoms with E-state index in [9.17, 15) is 0 Å². The van der Waals surface area contributed by atoms with Gasteiger partial charge in [0, 0.05) is 17.7 Å². The minimum absolute atomic E-state index is 0.458. The van der Waals surface area contributed by atoms with Crippen molar-refractivity contribution in [3.05, 3.63) is 11.4 Å². The molecule has 0 bridgehead atoms. The average molecular weight is 113 g/mol. The Morgan fingerprint density at radius 3 is 3.00 bits per heavy atom. The highest BCUT2D eigenvalue weighted by atomic mass is 29.3. The molecule has 0 aromatic carbocycles. The van der Waals surface area contributed by atoms with Crippen LogP contribution < -0.4 is 0 Å². The van der Waals surface area contributed by atoms with Gasteiger partial charge in [-0.2, -0.15) is 0 Å². The van der Waals surface area contributed by atoms with E-state index in [1.54, 1.807) is 0 Å². The van der Waals surface area contributed by atoms with Crippen LogP contribution in [0.25, 0.3) is 0 Å². The zero-order valence-electron chi connectivity index (χ0n) is 2.94. The maximum Gasteiger partial charge on any atom is 0.0484 e. The quantitative estimate of drug-likeness (QED) is 0.339. The van der Waals surface area contributed by atoms with Crippen LogP contribution in [-0.4, -0.2) is 25.8 Å². The molecule has 25 valence electrons. The van der Waals surface area contributed by atoms with Crippen LogP contribution in [-0.2, 0) is 0 Å². The Hall–Kier alpha value is 0.391. The molecule has 0 N–H and O–H groups in total. The highest BCUT2D eigenvalue weighted by molar-refractivity contribution is 7.16. The molecule has 0 spiro atoms. The van der Waals surface area contributed by atoms with E-state index in [2.05, 4.69) is 11.4 Å². The Morgan fingerprint density at radius 2 is 2.80 bits per heavy atom. The lowest BCUT2D eigenvalue weighted by Gasteiger charge is -1.54. The van der Waals surface area contributed by atoms with Gasteiger partial charge in [-0.05, 0) is 8.13 Å². The molecule has 5 heavy (non-hydrogen) atoms. The largest absolute Gasteiger partial charge is 0.106 e. The van der Waals surface area contributed by atoms with Crippen molar-refractivity contribution in [3.63, 3.8) is 0 Å². The summed E-state index contributed by atoms with van der Waals surface area (Å²) < 4.78 is 0. The predicted molar refractivity (Wildman–Crippen MR) is 30.6 cm³/mol. The monoisotopic (exact) mass is 113 g/mol. The molecule has 0 aliphatic carbocycles. The third-order valence-corrected chi connectivity index (χ3v) is 9.52. The number of hydrogen-bond donors (Lipinski definition) is 0. The van der Waals surface area contributed by atoms with Crippen LogP contribution in [0.3, 0.4) is 0 Å². The van der Waals surface area contributed by atoms with Crippen molar-refractivity contribution in [1.29, 1.82) is 0 Å². The molecule has 0 unspecified atom stereocenters. The van der Waals surface area contributed by atoms with Gasteiger partial charge in [0.2, 0.25) is 0 Å². The maximum absolute atomic E-state index is 2.42. The predicted octanol–water partition coefficient (Wildman–Crippen LogP) is -1.39. The summed E-state index contributed by atoms with van der Waals surface area (Å²) in [6.45, 7) is 0. The molecular formula is C2H5Si3. The van der Waals surface area contributed by atoms with Crippen LogP contribution >= 0.6 is 0 Å². The van der Waals surface area contributed by atoms with Gasteiger partial charge < -0.3 is 0 Å². The molecule has 1 aliphatic heterocycles. The topological polar surface area (TPSA) is 0 Å². The van der Waals surface area contributed by atoms with E-state index in [1.165, 1.54) is 8.61 Å². The molecule has 0 aromatic heterocycles. The molecule has 0 fully saturated rings. The second-order valence-corrected chi connectivity index (χ2v) is 10.3. The SMILES string of the molecule is C1=C[SiH2][SiH]=[Si]1. The smallest absolute Gasteiger partial charge is 0.0484 e. The minimum atomic E-state index is 0.458. The average Bonchev–Trinajstić information content (AvgIpc) is 1.76. The standard InChI is InChI=1S/C2H5Si3/c1-2-4-5-3-1/h1-2,5H,3H2. The van der Waals surface area contributed by atoms with Gasteiger partial charge in [-0.15, -0.1) is 5.70 Å². The summed E-state index contributed by atoms with van der Waals surface area (Å²) in [5.41, 5.74) is 4.79. The van der Waals surface area contributed by atoms with Gasteiger partial charge in [0.25, 0.3) is 0 Å². The fourth-order valence-electron chi connectivity index (χ4n) is 0.340. The van der Waals surface area contributed by atoms with E-state index >= 15 is 0 Å². The Balaban J connectivity index is 2.61. The van der Waals surface area contributed by atoms with Crippen molar-refractivity contribution in [3.8, 4) is 0 Å². The van der Waals surface area contributed by atoms with E-state index in [0.29, 0.717) is 9.04 Å². The van der Waals surface area contributed by atoms with Gasteiger partial charge in [0.05, 0.1) is 0 Å². The summed E-state index contributed by atoms with van der Waals surface area (Å²) in [5, 5.41) is 0. The number of hydrogen-bond acceptors (Lipinski definition) is 0. The second-order valence-electron chi connectivity index (χ2n) is 1.01. The third kappa shape index (κ3) is 0.864. The van der Waals surface area contributed by atoms with Gasteiger partial charge in [0.1, 0.15) is 0 Å². The molecule has 0 aromatic rings. The van der Waals surface area contributed by atoms with Gasteiger partial charge in [-0.25, -0.2) is 0 Å². The van der Waals surface area contributed by atoms with Gasteiger partial charge in [0.15, 0.2) is 0 Å². The van der Waals surface area contributed by atoms with Crippen LogP contribution in [0.1, 0.15) is 0 Å². The van der Waals surface area contributed by atoms with E-state index in [4.69, 9.17) is 0 Å². The zero-order chi connectivity index (χ0) is 3.54. The van der Waals surface area contributed by atoms with Crippen molar-refractivity contribution >= 4 is 25.8 Å². The lowest BCUT2D eigenvalue weighted by Crippen LogP contribution is -1.82. The molecule has 1 heterocycles. The molecule has 0 nitrogen and oxygen atoms in total. The molecular weight excluding hydrogens is 108 g/mol. The first kappa shape index (κ1) is 3.58. The third-order valence-electron chi connectivity index (χ3n) is 0.586. The van der Waals surface area contributed by atoms with Gasteiger partial charge >= 0.3 is 0 Å². The molecule has 1 aliphatic rings. The summed E-state index contributed by atoms with van der Waals surface area (Å²) in [5.74, 6) is 0. The summed E-state index contributed by atoms with van der Waals surface area (Å²) in [6.07, 6.45) is 0. The first-order valence-corrected chi connectivity index (χ1v) is 8.70. The van der Waals surface area contributed by atoms with Crippen molar-refractivity contribution in [2.75, 3.05) is 0 Å². The van der Waals surface area contributed by atoms with Crippen molar-refractivity contribution in [1.82, 2.24) is 0 Å². The van der Waals surface area contributed by atoms with Crippen molar-refractivity contribution in [2.24, 2.45) is 0 Å². The van der Waals surface area contributed by atoms with Crippen LogP contribution in [0.5, 0.6) is 0 Å². The molecule has 0 saturated heterocycles. The van der Waals surface area contributed by atoms with E-state index in [-0.39, 0.29) is 0 Å². The van der Waals surface area contributed by atoms with Crippen LogP contribution in [0.2, 0.25) is 0 Å². The highest BCUT2D eigenvalue weighted by Crippen LogP contribution is 1.64.